The highest BCUT2D eigenvalue weighted by Crippen LogP contribution is 2.42. The van der Waals surface area contributed by atoms with Gasteiger partial charge in [-0.05, 0) is 40.7 Å². The van der Waals surface area contributed by atoms with E-state index in [-0.39, 0.29) is 18.0 Å². The lowest BCUT2D eigenvalue weighted by Crippen LogP contribution is -2.50. The average molecular weight is 298 g/mol. The molecule has 1 N–H and O–H groups in total. The SMILES string of the molecule is CCOC(=O)[C@@]12CCNCC1CN(C(=O)OC(C)(C)C)C2. The molecule has 1 unspecified atom stereocenters. The molecular formula is C15H26N2O4. The molecule has 2 heterocycles. The topological polar surface area (TPSA) is 67.9 Å². The maximum absolute atomic E-state index is 12.4. The van der Waals surface area contributed by atoms with Crippen LogP contribution >= 0.6 is 0 Å². The van der Waals surface area contributed by atoms with Crippen LogP contribution in [-0.2, 0) is 14.3 Å². The highest BCUT2D eigenvalue weighted by Gasteiger charge is 2.55. The van der Waals surface area contributed by atoms with Crippen molar-refractivity contribution < 1.29 is 19.1 Å². The second-order valence-corrected chi connectivity index (χ2v) is 6.89. The van der Waals surface area contributed by atoms with E-state index in [2.05, 4.69) is 5.32 Å². The Morgan fingerprint density at radius 2 is 2.10 bits per heavy atom. The highest BCUT2D eigenvalue weighted by atomic mass is 16.6. The lowest BCUT2D eigenvalue weighted by atomic mass is 9.73. The van der Waals surface area contributed by atoms with Crippen LogP contribution in [0.2, 0.25) is 0 Å². The Bertz CT molecular complexity index is 418. The van der Waals surface area contributed by atoms with Crippen molar-refractivity contribution in [3.8, 4) is 0 Å². The number of amides is 1. The molecule has 2 aliphatic heterocycles. The minimum atomic E-state index is -0.571. The summed E-state index contributed by atoms with van der Waals surface area (Å²) in [7, 11) is 0. The Labute approximate surface area is 126 Å². The summed E-state index contributed by atoms with van der Waals surface area (Å²) >= 11 is 0. The van der Waals surface area contributed by atoms with Crippen molar-refractivity contribution in [2.45, 2.75) is 39.7 Å². The molecule has 0 aromatic heterocycles. The standard InChI is InChI=1S/C15H26N2O4/c1-5-20-12(18)15-6-7-16-8-11(15)9-17(10-15)13(19)21-14(2,3)4/h11,16H,5-10H2,1-4H3/t11?,15-/m1/s1. The van der Waals surface area contributed by atoms with Gasteiger partial charge in [-0.3, -0.25) is 4.79 Å². The zero-order valence-electron chi connectivity index (χ0n) is 13.4. The second-order valence-electron chi connectivity index (χ2n) is 6.89. The summed E-state index contributed by atoms with van der Waals surface area (Å²) in [6.45, 7) is 10.2. The van der Waals surface area contributed by atoms with Gasteiger partial charge in [0.1, 0.15) is 5.60 Å². The summed E-state index contributed by atoms with van der Waals surface area (Å²) in [5.41, 5.74) is -1.10. The van der Waals surface area contributed by atoms with Crippen molar-refractivity contribution in [2.75, 3.05) is 32.8 Å². The van der Waals surface area contributed by atoms with Crippen LogP contribution in [0.5, 0.6) is 0 Å². The maximum atomic E-state index is 12.4. The lowest BCUT2D eigenvalue weighted by Gasteiger charge is -2.36. The predicted octanol–water partition coefficient (Wildman–Crippen LogP) is 1.40. The van der Waals surface area contributed by atoms with Crippen molar-refractivity contribution >= 4 is 12.1 Å². The summed E-state index contributed by atoms with van der Waals surface area (Å²) in [6, 6.07) is 0. The van der Waals surface area contributed by atoms with Crippen LogP contribution in [0.15, 0.2) is 0 Å². The number of piperidine rings is 1. The van der Waals surface area contributed by atoms with Crippen LogP contribution in [-0.4, -0.2) is 55.3 Å². The molecule has 6 heteroatoms. The Kier molecular flexibility index (Phi) is 4.46. The Hall–Kier alpha value is -1.30. The van der Waals surface area contributed by atoms with E-state index in [1.54, 1.807) is 4.90 Å². The number of esters is 1. The molecule has 0 saturated carbocycles. The number of hydrogen-bond donors (Lipinski definition) is 1. The Morgan fingerprint density at radius 1 is 1.38 bits per heavy atom. The third-order valence-corrected chi connectivity index (χ3v) is 4.17. The largest absolute Gasteiger partial charge is 0.466 e. The number of nitrogens with one attached hydrogen (secondary N) is 1. The summed E-state index contributed by atoms with van der Waals surface area (Å²) in [6.07, 6.45) is 0.357. The van der Waals surface area contributed by atoms with Gasteiger partial charge in [-0.25, -0.2) is 4.79 Å². The van der Waals surface area contributed by atoms with Crippen LogP contribution in [0.3, 0.4) is 0 Å². The van der Waals surface area contributed by atoms with E-state index in [1.165, 1.54) is 0 Å². The predicted molar refractivity (Wildman–Crippen MR) is 77.8 cm³/mol. The van der Waals surface area contributed by atoms with Crippen molar-refractivity contribution in [1.29, 1.82) is 0 Å². The van der Waals surface area contributed by atoms with Gasteiger partial charge in [0.05, 0.1) is 12.0 Å². The van der Waals surface area contributed by atoms with Crippen LogP contribution in [0.1, 0.15) is 34.1 Å². The van der Waals surface area contributed by atoms with Crippen LogP contribution in [0, 0.1) is 11.3 Å². The van der Waals surface area contributed by atoms with E-state index in [0.29, 0.717) is 26.1 Å². The van der Waals surface area contributed by atoms with Gasteiger partial charge in [0.25, 0.3) is 0 Å². The Morgan fingerprint density at radius 3 is 2.71 bits per heavy atom. The van der Waals surface area contributed by atoms with Gasteiger partial charge >= 0.3 is 12.1 Å². The first-order chi connectivity index (χ1) is 9.78. The molecule has 120 valence electrons. The molecule has 2 rings (SSSR count). The zero-order chi connectivity index (χ0) is 15.7. The molecule has 2 saturated heterocycles. The van der Waals surface area contributed by atoms with Gasteiger partial charge in [0, 0.05) is 25.6 Å². The van der Waals surface area contributed by atoms with Crippen LogP contribution in [0.4, 0.5) is 4.79 Å². The first kappa shape index (κ1) is 16.1. The number of carbonyl (C=O) groups is 2. The molecule has 2 aliphatic rings. The lowest BCUT2D eigenvalue weighted by molar-refractivity contribution is -0.158. The van der Waals surface area contributed by atoms with E-state index in [9.17, 15) is 9.59 Å². The summed E-state index contributed by atoms with van der Waals surface area (Å²) < 4.78 is 10.7. The first-order valence-corrected chi connectivity index (χ1v) is 7.64. The van der Waals surface area contributed by atoms with Gasteiger partial charge in [-0.1, -0.05) is 0 Å². The number of carbonyl (C=O) groups excluding carboxylic acids is 2. The molecule has 2 fully saturated rings. The number of fused-ring (bicyclic) bond motifs is 1. The first-order valence-electron chi connectivity index (χ1n) is 7.64. The van der Waals surface area contributed by atoms with E-state index in [1.807, 2.05) is 27.7 Å². The number of ether oxygens (including phenoxy) is 2. The smallest absolute Gasteiger partial charge is 0.410 e. The fraction of sp³-hybridized carbons (Fsp3) is 0.867. The molecule has 6 nitrogen and oxygen atoms in total. The number of rotatable bonds is 2. The molecule has 21 heavy (non-hydrogen) atoms. The molecule has 0 aliphatic carbocycles. The van der Waals surface area contributed by atoms with Gasteiger partial charge in [0.2, 0.25) is 0 Å². The van der Waals surface area contributed by atoms with E-state index in [0.717, 1.165) is 13.1 Å². The monoisotopic (exact) mass is 298 g/mol. The van der Waals surface area contributed by atoms with E-state index >= 15 is 0 Å². The zero-order valence-corrected chi connectivity index (χ0v) is 13.4. The number of hydrogen-bond acceptors (Lipinski definition) is 5. The van der Waals surface area contributed by atoms with E-state index < -0.39 is 11.0 Å². The molecule has 0 bridgehead atoms. The molecule has 1 amide bonds. The van der Waals surface area contributed by atoms with Gasteiger partial charge in [-0.15, -0.1) is 0 Å². The van der Waals surface area contributed by atoms with Crippen molar-refractivity contribution in [2.24, 2.45) is 11.3 Å². The highest BCUT2D eigenvalue weighted by molar-refractivity contribution is 5.80. The quantitative estimate of drug-likeness (QED) is 0.780. The summed E-state index contributed by atoms with van der Waals surface area (Å²) in [4.78, 5) is 26.3. The number of likely N-dealkylation sites (tertiary alicyclic amines) is 1. The molecule has 0 radical (unpaired) electrons. The van der Waals surface area contributed by atoms with Crippen molar-refractivity contribution in [1.82, 2.24) is 10.2 Å². The van der Waals surface area contributed by atoms with Crippen LogP contribution in [0.25, 0.3) is 0 Å². The molecule has 0 spiro atoms. The fourth-order valence-corrected chi connectivity index (χ4v) is 3.18. The second kappa shape index (κ2) is 5.83. The minimum absolute atomic E-state index is 0.0952. The van der Waals surface area contributed by atoms with Crippen molar-refractivity contribution in [3.63, 3.8) is 0 Å². The molecular weight excluding hydrogens is 272 g/mol. The molecule has 0 aromatic rings. The maximum Gasteiger partial charge on any atom is 0.410 e. The third kappa shape index (κ3) is 3.31. The molecule has 2 atom stereocenters. The fourth-order valence-electron chi connectivity index (χ4n) is 3.18. The van der Waals surface area contributed by atoms with E-state index in [4.69, 9.17) is 9.47 Å². The minimum Gasteiger partial charge on any atom is -0.466 e. The summed E-state index contributed by atoms with van der Waals surface area (Å²) in [5, 5.41) is 3.30. The van der Waals surface area contributed by atoms with Gasteiger partial charge in [-0.2, -0.15) is 0 Å². The van der Waals surface area contributed by atoms with Gasteiger partial charge < -0.3 is 19.7 Å². The Balaban J connectivity index is 2.13. The summed E-state index contributed by atoms with van der Waals surface area (Å²) in [5.74, 6) is -0.0830. The normalized spacial score (nSPS) is 29.0. The number of nitrogens with zero attached hydrogens (tertiary/aromatic N) is 1. The van der Waals surface area contributed by atoms with Gasteiger partial charge in [0.15, 0.2) is 0 Å². The average Bonchev–Trinajstić information content (AvgIpc) is 2.78. The third-order valence-electron chi connectivity index (χ3n) is 4.17. The molecule has 0 aromatic carbocycles. The van der Waals surface area contributed by atoms with Crippen LogP contribution < -0.4 is 5.32 Å². The van der Waals surface area contributed by atoms with Crippen molar-refractivity contribution in [3.05, 3.63) is 0 Å².